The summed E-state index contributed by atoms with van der Waals surface area (Å²) in [7, 11) is 1.63. The SMILES string of the molecule is CCOc1ccc(CN2CCN(C(=O)c3ccc4c(=O)n(CCCOC)c(=S)[nH]c4c3)CC2)cc1. The number of carbonyl (C=O) groups is 1. The van der Waals surface area contributed by atoms with Gasteiger partial charge in [-0.1, -0.05) is 12.1 Å². The first-order chi connectivity index (χ1) is 17.0. The molecule has 0 aliphatic carbocycles. The maximum Gasteiger partial charge on any atom is 0.262 e. The van der Waals surface area contributed by atoms with Gasteiger partial charge in [-0.2, -0.15) is 0 Å². The third-order valence-corrected chi connectivity index (χ3v) is 6.58. The molecule has 1 amide bonds. The molecule has 4 rings (SSSR count). The maximum absolute atomic E-state index is 13.2. The molecule has 35 heavy (non-hydrogen) atoms. The van der Waals surface area contributed by atoms with Crippen molar-refractivity contribution in [1.29, 1.82) is 0 Å². The molecule has 0 saturated carbocycles. The summed E-state index contributed by atoms with van der Waals surface area (Å²) in [6, 6.07) is 13.4. The maximum atomic E-state index is 13.2. The Morgan fingerprint density at radius 3 is 2.51 bits per heavy atom. The summed E-state index contributed by atoms with van der Waals surface area (Å²) >= 11 is 5.40. The smallest absolute Gasteiger partial charge is 0.262 e. The lowest BCUT2D eigenvalue weighted by Crippen LogP contribution is -2.48. The van der Waals surface area contributed by atoms with Gasteiger partial charge in [0.2, 0.25) is 0 Å². The zero-order valence-corrected chi connectivity index (χ0v) is 21.1. The number of aromatic nitrogens is 2. The Balaban J connectivity index is 1.40. The number of H-pyrrole nitrogens is 1. The van der Waals surface area contributed by atoms with Crippen LogP contribution in [-0.2, 0) is 17.8 Å². The number of benzene rings is 2. The zero-order valence-electron chi connectivity index (χ0n) is 20.3. The molecule has 0 radical (unpaired) electrons. The summed E-state index contributed by atoms with van der Waals surface area (Å²) in [4.78, 5) is 33.4. The normalized spacial score (nSPS) is 14.4. The molecule has 0 atom stereocenters. The summed E-state index contributed by atoms with van der Waals surface area (Å²) in [5.41, 5.74) is 2.22. The number of hydrogen-bond acceptors (Lipinski definition) is 6. The predicted octanol–water partition coefficient (Wildman–Crippen LogP) is 3.45. The van der Waals surface area contributed by atoms with Crippen LogP contribution in [0.4, 0.5) is 0 Å². The Morgan fingerprint density at radius 2 is 1.83 bits per heavy atom. The van der Waals surface area contributed by atoms with Crippen LogP contribution in [0.5, 0.6) is 5.75 Å². The van der Waals surface area contributed by atoms with E-state index < -0.39 is 0 Å². The van der Waals surface area contributed by atoms with Crippen LogP contribution in [0.3, 0.4) is 0 Å². The first-order valence-electron chi connectivity index (χ1n) is 12.0. The van der Waals surface area contributed by atoms with Crippen LogP contribution >= 0.6 is 12.2 Å². The van der Waals surface area contributed by atoms with E-state index >= 15 is 0 Å². The molecule has 3 aromatic rings. The number of ether oxygens (including phenoxy) is 2. The van der Waals surface area contributed by atoms with E-state index in [0.29, 0.717) is 60.5 Å². The number of carbonyl (C=O) groups excluding carboxylic acids is 1. The number of piperazine rings is 1. The molecule has 1 fully saturated rings. The minimum atomic E-state index is -0.151. The van der Waals surface area contributed by atoms with Gasteiger partial charge in [-0.25, -0.2) is 0 Å². The number of nitrogens with one attached hydrogen (secondary N) is 1. The van der Waals surface area contributed by atoms with Crippen molar-refractivity contribution in [2.24, 2.45) is 0 Å². The monoisotopic (exact) mass is 496 g/mol. The summed E-state index contributed by atoms with van der Waals surface area (Å²) in [6.07, 6.45) is 0.695. The van der Waals surface area contributed by atoms with E-state index in [1.165, 1.54) is 5.56 Å². The molecule has 2 aromatic carbocycles. The van der Waals surface area contributed by atoms with E-state index in [-0.39, 0.29) is 11.5 Å². The Morgan fingerprint density at radius 1 is 1.09 bits per heavy atom. The quantitative estimate of drug-likeness (QED) is 0.361. The molecular formula is C26H32N4O4S. The Hall–Kier alpha value is -3.01. The third-order valence-electron chi connectivity index (χ3n) is 6.26. The molecule has 1 aliphatic rings. The number of amides is 1. The third kappa shape index (κ3) is 5.98. The summed E-state index contributed by atoms with van der Waals surface area (Å²) in [6.45, 7) is 7.45. The highest BCUT2D eigenvalue weighted by molar-refractivity contribution is 7.71. The van der Waals surface area contributed by atoms with Crippen molar-refractivity contribution in [2.45, 2.75) is 26.4 Å². The number of methoxy groups -OCH3 is 1. The fourth-order valence-electron chi connectivity index (χ4n) is 4.37. The molecule has 0 spiro atoms. The van der Waals surface area contributed by atoms with Gasteiger partial charge in [-0.05, 0) is 61.5 Å². The highest BCUT2D eigenvalue weighted by atomic mass is 32.1. The second-order valence-electron chi connectivity index (χ2n) is 8.64. The van der Waals surface area contributed by atoms with Crippen molar-refractivity contribution in [3.05, 3.63) is 68.7 Å². The number of aromatic amines is 1. The van der Waals surface area contributed by atoms with Gasteiger partial charge in [0, 0.05) is 58.5 Å². The van der Waals surface area contributed by atoms with Crippen LogP contribution < -0.4 is 10.3 Å². The van der Waals surface area contributed by atoms with Gasteiger partial charge in [-0.15, -0.1) is 0 Å². The lowest BCUT2D eigenvalue weighted by molar-refractivity contribution is 0.0628. The molecule has 1 aliphatic heterocycles. The van der Waals surface area contributed by atoms with Crippen molar-refractivity contribution in [3.63, 3.8) is 0 Å². The van der Waals surface area contributed by atoms with E-state index in [9.17, 15) is 9.59 Å². The molecule has 8 nitrogen and oxygen atoms in total. The topological polar surface area (TPSA) is 79.8 Å². The van der Waals surface area contributed by atoms with Crippen molar-refractivity contribution < 1.29 is 14.3 Å². The van der Waals surface area contributed by atoms with Crippen LogP contribution in [-0.4, -0.2) is 71.8 Å². The van der Waals surface area contributed by atoms with Crippen LogP contribution in [0, 0.1) is 4.77 Å². The lowest BCUT2D eigenvalue weighted by Gasteiger charge is -2.34. The number of fused-ring (bicyclic) bond motifs is 1. The van der Waals surface area contributed by atoms with Gasteiger partial charge in [-0.3, -0.25) is 19.1 Å². The van der Waals surface area contributed by atoms with E-state index in [1.54, 1.807) is 29.9 Å². The number of nitrogens with zero attached hydrogens (tertiary/aromatic N) is 3. The Labute approximate surface area is 210 Å². The fourth-order valence-corrected chi connectivity index (χ4v) is 4.65. The van der Waals surface area contributed by atoms with Gasteiger partial charge in [0.05, 0.1) is 17.5 Å². The van der Waals surface area contributed by atoms with Gasteiger partial charge in [0.25, 0.3) is 11.5 Å². The molecule has 1 aromatic heterocycles. The average molecular weight is 497 g/mol. The molecule has 0 unspecified atom stereocenters. The van der Waals surface area contributed by atoms with Crippen molar-refractivity contribution in [2.75, 3.05) is 46.5 Å². The van der Waals surface area contributed by atoms with E-state index in [1.807, 2.05) is 24.0 Å². The van der Waals surface area contributed by atoms with Crippen LogP contribution in [0.2, 0.25) is 0 Å². The zero-order chi connectivity index (χ0) is 24.8. The lowest BCUT2D eigenvalue weighted by atomic mass is 10.1. The Bertz CT molecular complexity index is 1280. The number of hydrogen-bond donors (Lipinski definition) is 1. The average Bonchev–Trinajstić information content (AvgIpc) is 2.87. The summed E-state index contributed by atoms with van der Waals surface area (Å²) in [5.74, 6) is 0.851. The fraction of sp³-hybridized carbons (Fsp3) is 0.423. The molecule has 1 N–H and O–H groups in total. The summed E-state index contributed by atoms with van der Waals surface area (Å²) < 4.78 is 12.5. The summed E-state index contributed by atoms with van der Waals surface area (Å²) in [5, 5.41) is 0.521. The molecule has 1 saturated heterocycles. The van der Waals surface area contributed by atoms with E-state index in [2.05, 4.69) is 22.0 Å². The highest BCUT2D eigenvalue weighted by Crippen LogP contribution is 2.17. The minimum absolute atomic E-state index is 0.0313. The predicted molar refractivity (Wildman–Crippen MR) is 139 cm³/mol. The molecular weight excluding hydrogens is 464 g/mol. The first kappa shape index (κ1) is 25.1. The highest BCUT2D eigenvalue weighted by Gasteiger charge is 2.22. The van der Waals surface area contributed by atoms with Crippen molar-refractivity contribution >= 4 is 29.0 Å². The van der Waals surface area contributed by atoms with Crippen LogP contribution in [0.1, 0.15) is 29.3 Å². The molecule has 0 bridgehead atoms. The minimum Gasteiger partial charge on any atom is -0.494 e. The van der Waals surface area contributed by atoms with Gasteiger partial charge >= 0.3 is 0 Å². The van der Waals surface area contributed by atoms with Gasteiger partial charge < -0.3 is 19.4 Å². The van der Waals surface area contributed by atoms with Gasteiger partial charge in [0.1, 0.15) is 5.75 Å². The molecule has 186 valence electrons. The second kappa shape index (κ2) is 11.6. The Kier molecular flexibility index (Phi) is 8.33. The second-order valence-corrected chi connectivity index (χ2v) is 9.03. The largest absolute Gasteiger partial charge is 0.494 e. The van der Waals surface area contributed by atoms with E-state index in [0.717, 1.165) is 25.4 Å². The standard InChI is InChI=1S/C26H32N4O4S/c1-3-34-21-8-5-19(6-9-21)18-28-12-14-29(15-13-28)24(31)20-7-10-22-23(17-20)27-26(35)30(25(22)32)11-4-16-33-2/h5-10,17H,3-4,11-16,18H2,1-2H3,(H,27,35). The van der Waals surface area contributed by atoms with Crippen LogP contribution in [0.25, 0.3) is 10.9 Å². The van der Waals surface area contributed by atoms with Crippen LogP contribution in [0.15, 0.2) is 47.3 Å². The van der Waals surface area contributed by atoms with Crippen molar-refractivity contribution in [1.82, 2.24) is 19.4 Å². The van der Waals surface area contributed by atoms with Gasteiger partial charge in [0.15, 0.2) is 4.77 Å². The number of rotatable bonds is 9. The van der Waals surface area contributed by atoms with E-state index in [4.69, 9.17) is 21.7 Å². The first-order valence-corrected chi connectivity index (χ1v) is 12.4. The van der Waals surface area contributed by atoms with Crippen molar-refractivity contribution in [3.8, 4) is 5.75 Å². The molecule has 2 heterocycles. The molecule has 9 heteroatoms.